The predicted molar refractivity (Wildman–Crippen MR) is 269 cm³/mol. The molecule has 0 bridgehead atoms. The van der Waals surface area contributed by atoms with E-state index in [0.29, 0.717) is 52.6 Å². The van der Waals surface area contributed by atoms with Gasteiger partial charge in [-0.15, -0.1) is 24.0 Å². The Kier molecular flexibility index (Phi) is 18.1. The maximum atomic E-state index is 11.9. The number of amides is 4. The summed E-state index contributed by atoms with van der Waals surface area (Å²) in [5.41, 5.74) is 5.36. The predicted octanol–water partition coefficient (Wildman–Crippen LogP) is 9.79. The molecule has 0 aliphatic carbocycles. The summed E-state index contributed by atoms with van der Waals surface area (Å²) in [5.74, 6) is 3.31. The Labute approximate surface area is 390 Å². The van der Waals surface area contributed by atoms with Gasteiger partial charge in [0, 0.05) is 19.6 Å². The molecule has 0 radical (unpaired) electrons. The first-order valence-electron chi connectivity index (χ1n) is 21.2. The third-order valence-corrected chi connectivity index (χ3v) is 10.2. The zero-order valence-electron chi connectivity index (χ0n) is 35.6. The first-order valence-corrected chi connectivity index (χ1v) is 21.2. The highest BCUT2D eigenvalue weighted by atomic mass is 127. The standard InChI is InChI=1S/C25H24N2O3.C15H16N2O2.C12H13NO.HI/c28-25(26-13-15-29-23-11-9-19-5-1-3-7-21(19)17-23)27-14-16-30-24-12-10-20-6-2-4-8-22(20)18-24;18-15-16-7-8-17(15)9-10-19-14-6-5-12-3-1-2-4-13(12)11-14;13-7-8-14-12-6-5-10-3-1-2-4-11(10)9-12;/h1-12,17-18H,13-16H2,(H2,26,27,28);1-6,11H,7-10H2,(H,16,18);1-6,9H,7-8,13H2;1H. The number of hydrogen-bond acceptors (Lipinski definition) is 7. The summed E-state index contributed by atoms with van der Waals surface area (Å²) in [7, 11) is 0. The number of ether oxygens (including phenoxy) is 4. The molecule has 9 rings (SSSR count). The van der Waals surface area contributed by atoms with Crippen LogP contribution in [0.3, 0.4) is 0 Å². The lowest BCUT2D eigenvalue weighted by Gasteiger charge is -2.14. The molecular weight excluding hydrogens is 918 g/mol. The number of nitrogens with zero attached hydrogens (tertiary/aromatic N) is 1. The fraction of sp³-hybridized carbons (Fsp3) is 0.192. The number of rotatable bonds is 15. The van der Waals surface area contributed by atoms with Crippen molar-refractivity contribution in [3.63, 3.8) is 0 Å². The van der Waals surface area contributed by atoms with Gasteiger partial charge >= 0.3 is 12.1 Å². The smallest absolute Gasteiger partial charge is 0.317 e. The highest BCUT2D eigenvalue weighted by Crippen LogP contribution is 2.23. The number of carbonyl (C=O) groups excluding carboxylic acids is 2. The fourth-order valence-electron chi connectivity index (χ4n) is 6.93. The molecule has 8 aromatic rings. The molecule has 11 nitrogen and oxygen atoms in total. The molecule has 5 N–H and O–H groups in total. The van der Waals surface area contributed by atoms with Crippen LogP contribution in [-0.4, -0.2) is 82.7 Å². The van der Waals surface area contributed by atoms with Crippen LogP contribution in [0.4, 0.5) is 9.59 Å². The van der Waals surface area contributed by atoms with E-state index in [4.69, 9.17) is 24.7 Å². The molecule has 0 spiro atoms. The molecule has 0 saturated carbocycles. The van der Waals surface area contributed by atoms with E-state index in [9.17, 15) is 9.59 Å². The molecule has 1 aliphatic heterocycles. The molecule has 1 fully saturated rings. The van der Waals surface area contributed by atoms with Crippen molar-refractivity contribution in [2.45, 2.75) is 0 Å². The summed E-state index contributed by atoms with van der Waals surface area (Å²) in [6.45, 7) is 5.40. The zero-order valence-corrected chi connectivity index (χ0v) is 37.9. The van der Waals surface area contributed by atoms with Gasteiger partial charge in [0.05, 0.1) is 19.6 Å². The van der Waals surface area contributed by atoms with Gasteiger partial charge in [-0.05, 0) is 91.6 Å². The van der Waals surface area contributed by atoms with Crippen LogP contribution < -0.4 is 40.6 Å². The molecule has 4 amide bonds. The van der Waals surface area contributed by atoms with Crippen molar-refractivity contribution in [1.82, 2.24) is 20.9 Å². The fourth-order valence-corrected chi connectivity index (χ4v) is 6.93. The Balaban J connectivity index is 0.000000171. The molecule has 0 atom stereocenters. The molecule has 12 heteroatoms. The van der Waals surface area contributed by atoms with Crippen LogP contribution in [0.25, 0.3) is 43.1 Å². The van der Waals surface area contributed by atoms with Gasteiger partial charge in [-0.25, -0.2) is 9.59 Å². The van der Waals surface area contributed by atoms with Crippen molar-refractivity contribution in [2.24, 2.45) is 5.73 Å². The number of hydrogen-bond donors (Lipinski definition) is 4. The van der Waals surface area contributed by atoms with Gasteiger partial charge in [-0.2, -0.15) is 0 Å². The van der Waals surface area contributed by atoms with Gasteiger partial charge in [0.1, 0.15) is 49.4 Å². The van der Waals surface area contributed by atoms with Crippen molar-refractivity contribution in [3.05, 3.63) is 170 Å². The van der Waals surface area contributed by atoms with E-state index in [-0.39, 0.29) is 36.0 Å². The van der Waals surface area contributed by atoms with Crippen LogP contribution in [0.1, 0.15) is 0 Å². The number of halogens is 1. The minimum atomic E-state index is -0.237. The van der Waals surface area contributed by atoms with Crippen LogP contribution >= 0.6 is 24.0 Å². The van der Waals surface area contributed by atoms with Crippen LogP contribution in [0.5, 0.6) is 23.0 Å². The first kappa shape index (κ1) is 46.7. The summed E-state index contributed by atoms with van der Waals surface area (Å²) in [6, 6.07) is 56.4. The van der Waals surface area contributed by atoms with Gasteiger partial charge in [-0.3, -0.25) is 0 Å². The number of fused-ring (bicyclic) bond motifs is 4. The summed E-state index contributed by atoms with van der Waals surface area (Å²) in [6.07, 6.45) is 0. The lowest BCUT2D eigenvalue weighted by atomic mass is 10.1. The third kappa shape index (κ3) is 14.1. The summed E-state index contributed by atoms with van der Waals surface area (Å²) >= 11 is 0. The molecule has 1 aliphatic rings. The van der Waals surface area contributed by atoms with Crippen molar-refractivity contribution in [1.29, 1.82) is 0 Å². The van der Waals surface area contributed by atoms with Crippen LogP contribution in [0, 0.1) is 0 Å². The van der Waals surface area contributed by atoms with Crippen molar-refractivity contribution in [3.8, 4) is 23.0 Å². The van der Waals surface area contributed by atoms with Crippen LogP contribution in [-0.2, 0) is 0 Å². The Hall–Kier alpha value is -6.77. The highest BCUT2D eigenvalue weighted by Gasteiger charge is 2.18. The molecular formula is C52H54IN5O6. The Morgan fingerprint density at radius 1 is 0.500 bits per heavy atom. The third-order valence-electron chi connectivity index (χ3n) is 10.2. The molecule has 1 saturated heterocycles. The Morgan fingerprint density at radius 2 is 0.844 bits per heavy atom. The van der Waals surface area contributed by atoms with Gasteiger partial charge in [0.15, 0.2) is 0 Å². The van der Waals surface area contributed by atoms with Crippen molar-refractivity contribution >= 4 is 79.1 Å². The van der Waals surface area contributed by atoms with E-state index in [1.54, 1.807) is 4.90 Å². The molecule has 330 valence electrons. The second kappa shape index (κ2) is 24.8. The summed E-state index contributed by atoms with van der Waals surface area (Å²) in [4.78, 5) is 25.0. The second-order valence-electron chi connectivity index (χ2n) is 14.6. The lowest BCUT2D eigenvalue weighted by molar-refractivity contribution is 0.202. The van der Waals surface area contributed by atoms with Gasteiger partial charge in [0.25, 0.3) is 0 Å². The first-order chi connectivity index (χ1) is 31.0. The second-order valence-corrected chi connectivity index (χ2v) is 14.6. The van der Waals surface area contributed by atoms with Gasteiger partial charge in [-0.1, -0.05) is 121 Å². The van der Waals surface area contributed by atoms with E-state index < -0.39 is 0 Å². The average Bonchev–Trinajstić information content (AvgIpc) is 3.75. The molecule has 0 aromatic heterocycles. The quantitative estimate of drug-likeness (QED) is 0.0594. The van der Waals surface area contributed by atoms with Crippen LogP contribution in [0.15, 0.2) is 170 Å². The van der Waals surface area contributed by atoms with E-state index in [1.807, 2.05) is 127 Å². The zero-order chi connectivity index (χ0) is 43.5. The highest BCUT2D eigenvalue weighted by molar-refractivity contribution is 14.0. The van der Waals surface area contributed by atoms with Gasteiger partial charge in [0.2, 0.25) is 0 Å². The van der Waals surface area contributed by atoms with E-state index in [1.165, 1.54) is 32.3 Å². The molecule has 8 aromatic carbocycles. The molecule has 1 heterocycles. The topological polar surface area (TPSA) is 136 Å². The Morgan fingerprint density at radius 3 is 1.19 bits per heavy atom. The number of nitrogens with one attached hydrogen (secondary N) is 3. The SMILES string of the molecule is I.NCCOc1ccc2ccccc2c1.O=C(NCCOc1ccc2ccccc2c1)NCCOc1ccc2ccccc2c1.O=C1NCCN1CCOc1ccc2ccccc2c1. The monoisotopic (exact) mass is 971 g/mol. The normalized spacial score (nSPS) is 11.6. The van der Waals surface area contributed by atoms with Gasteiger partial charge < -0.3 is 45.5 Å². The largest absolute Gasteiger partial charge is 0.492 e. The lowest BCUT2D eigenvalue weighted by Crippen LogP contribution is -2.39. The summed E-state index contributed by atoms with van der Waals surface area (Å²) in [5, 5.41) is 17.7. The average molecular weight is 972 g/mol. The minimum absolute atomic E-state index is 0. The molecule has 64 heavy (non-hydrogen) atoms. The maximum absolute atomic E-state index is 11.9. The van der Waals surface area contributed by atoms with Crippen molar-refractivity contribution < 1.29 is 28.5 Å². The van der Waals surface area contributed by atoms with Crippen LogP contribution in [0.2, 0.25) is 0 Å². The number of nitrogens with two attached hydrogens (primary N) is 1. The Bertz CT molecular complexity index is 2650. The number of urea groups is 2. The minimum Gasteiger partial charge on any atom is -0.492 e. The van der Waals surface area contributed by atoms with E-state index >= 15 is 0 Å². The van der Waals surface area contributed by atoms with E-state index in [0.717, 1.165) is 46.9 Å². The van der Waals surface area contributed by atoms with E-state index in [2.05, 4.69) is 58.4 Å². The maximum Gasteiger partial charge on any atom is 0.317 e. The number of benzene rings is 8. The molecule has 0 unspecified atom stereocenters. The summed E-state index contributed by atoms with van der Waals surface area (Å²) < 4.78 is 22.6. The number of carbonyl (C=O) groups is 2. The van der Waals surface area contributed by atoms with Crippen molar-refractivity contribution in [2.75, 3.05) is 65.7 Å².